The van der Waals surface area contributed by atoms with Gasteiger partial charge >= 0.3 is 0 Å². The molecule has 0 unspecified atom stereocenters. The maximum Gasteiger partial charge on any atom is 0.233 e. The quantitative estimate of drug-likeness (QED) is 0.783. The number of aromatic nitrogens is 4. The van der Waals surface area contributed by atoms with Gasteiger partial charge in [0, 0.05) is 13.1 Å². The van der Waals surface area contributed by atoms with Gasteiger partial charge in [-0.1, -0.05) is 24.6 Å². The summed E-state index contributed by atoms with van der Waals surface area (Å²) >= 11 is 1.47. The van der Waals surface area contributed by atoms with E-state index in [1.54, 1.807) is 0 Å². The normalized spacial score (nSPS) is 20.3. The number of thioether (sulfide) groups is 1. The predicted molar refractivity (Wildman–Crippen MR) is 71.9 cm³/mol. The summed E-state index contributed by atoms with van der Waals surface area (Å²) < 4.78 is 1.86. The van der Waals surface area contributed by atoms with Gasteiger partial charge in [0.1, 0.15) is 0 Å². The second-order valence-electron chi connectivity index (χ2n) is 5.22. The summed E-state index contributed by atoms with van der Waals surface area (Å²) in [5.41, 5.74) is 0. The SMILES string of the molecule is O=C(CSc1nnnn1C1CC1)N1CCCCCC1. The third kappa shape index (κ3) is 3.26. The molecule has 0 bridgehead atoms. The van der Waals surface area contributed by atoms with Gasteiger partial charge in [0.25, 0.3) is 0 Å². The molecule has 1 saturated heterocycles. The number of tetrazole rings is 1. The van der Waals surface area contributed by atoms with Crippen molar-refractivity contribution >= 4 is 17.7 Å². The lowest BCUT2D eigenvalue weighted by molar-refractivity contribution is -0.128. The lowest BCUT2D eigenvalue weighted by Gasteiger charge is -2.19. The van der Waals surface area contributed by atoms with Gasteiger partial charge in [-0.15, -0.1) is 5.10 Å². The van der Waals surface area contributed by atoms with Crippen LogP contribution in [-0.2, 0) is 4.79 Å². The minimum atomic E-state index is 0.220. The Kier molecular flexibility index (Phi) is 4.00. The van der Waals surface area contributed by atoms with E-state index in [-0.39, 0.29) is 5.91 Å². The average molecular weight is 281 g/mol. The molecule has 3 rings (SSSR count). The van der Waals surface area contributed by atoms with Gasteiger partial charge in [-0.2, -0.15) is 0 Å². The lowest BCUT2D eigenvalue weighted by atomic mass is 10.2. The summed E-state index contributed by atoms with van der Waals surface area (Å²) in [4.78, 5) is 14.2. The minimum absolute atomic E-state index is 0.220. The van der Waals surface area contributed by atoms with Crippen LogP contribution in [0.25, 0.3) is 0 Å². The summed E-state index contributed by atoms with van der Waals surface area (Å²) in [6.07, 6.45) is 7.07. The fourth-order valence-electron chi connectivity index (χ4n) is 2.37. The molecule has 2 aliphatic rings. The molecule has 1 aromatic heterocycles. The summed E-state index contributed by atoms with van der Waals surface area (Å²) in [6, 6.07) is 0.464. The molecule has 0 radical (unpaired) electrons. The van der Waals surface area contributed by atoms with Crippen molar-refractivity contribution in [3.63, 3.8) is 0 Å². The highest BCUT2D eigenvalue weighted by molar-refractivity contribution is 7.99. The number of hydrogen-bond acceptors (Lipinski definition) is 5. The monoisotopic (exact) mass is 281 g/mol. The molecule has 1 saturated carbocycles. The first-order valence-electron chi connectivity index (χ1n) is 7.03. The first kappa shape index (κ1) is 12.9. The van der Waals surface area contributed by atoms with Gasteiger partial charge in [0.05, 0.1) is 11.8 Å². The Labute approximate surface area is 116 Å². The molecular formula is C12H19N5OS. The molecule has 2 heterocycles. The van der Waals surface area contributed by atoms with E-state index in [9.17, 15) is 4.79 Å². The van der Waals surface area contributed by atoms with Crippen LogP contribution in [0.1, 0.15) is 44.6 Å². The molecule has 104 valence electrons. The molecule has 0 spiro atoms. The molecule has 19 heavy (non-hydrogen) atoms. The first-order chi connectivity index (χ1) is 9.34. The average Bonchev–Trinajstić information content (AvgIpc) is 3.21. The Bertz CT molecular complexity index is 437. The Morgan fingerprint density at radius 2 is 1.95 bits per heavy atom. The molecule has 0 N–H and O–H groups in total. The van der Waals surface area contributed by atoms with E-state index in [1.165, 1.54) is 24.6 Å². The molecule has 7 heteroatoms. The second kappa shape index (κ2) is 5.90. The van der Waals surface area contributed by atoms with Crippen molar-refractivity contribution in [3.8, 4) is 0 Å². The highest BCUT2D eigenvalue weighted by Gasteiger charge is 2.28. The second-order valence-corrected chi connectivity index (χ2v) is 6.16. The van der Waals surface area contributed by atoms with Gasteiger partial charge in [0.15, 0.2) is 0 Å². The van der Waals surface area contributed by atoms with E-state index in [0.29, 0.717) is 11.8 Å². The van der Waals surface area contributed by atoms with E-state index >= 15 is 0 Å². The summed E-state index contributed by atoms with van der Waals surface area (Å²) in [5.74, 6) is 0.671. The Morgan fingerprint density at radius 3 is 2.63 bits per heavy atom. The van der Waals surface area contributed by atoms with E-state index in [1.807, 2.05) is 9.58 Å². The smallest absolute Gasteiger partial charge is 0.233 e. The number of carbonyl (C=O) groups excluding carboxylic acids is 1. The van der Waals surface area contributed by atoms with Crippen LogP contribution in [0.2, 0.25) is 0 Å². The molecule has 6 nitrogen and oxygen atoms in total. The van der Waals surface area contributed by atoms with Gasteiger partial charge < -0.3 is 4.90 Å². The van der Waals surface area contributed by atoms with Crippen molar-refractivity contribution < 1.29 is 4.79 Å². The van der Waals surface area contributed by atoms with Crippen molar-refractivity contribution in [2.75, 3.05) is 18.8 Å². The van der Waals surface area contributed by atoms with Crippen molar-refractivity contribution in [3.05, 3.63) is 0 Å². The van der Waals surface area contributed by atoms with Crippen LogP contribution in [0.15, 0.2) is 5.16 Å². The Morgan fingerprint density at radius 1 is 1.21 bits per heavy atom. The third-order valence-corrected chi connectivity index (χ3v) is 4.56. The van der Waals surface area contributed by atoms with Gasteiger partial charge in [-0.3, -0.25) is 4.79 Å². The molecule has 0 atom stereocenters. The van der Waals surface area contributed by atoms with E-state index < -0.39 is 0 Å². The maximum atomic E-state index is 12.2. The Balaban J connectivity index is 1.53. The van der Waals surface area contributed by atoms with Gasteiger partial charge in [-0.05, 0) is 36.1 Å². The van der Waals surface area contributed by atoms with Crippen LogP contribution in [0.5, 0.6) is 0 Å². The zero-order valence-corrected chi connectivity index (χ0v) is 11.8. The molecule has 1 aliphatic carbocycles. The highest BCUT2D eigenvalue weighted by Crippen LogP contribution is 2.36. The van der Waals surface area contributed by atoms with Crippen molar-refractivity contribution in [1.82, 2.24) is 25.1 Å². The summed E-state index contributed by atoms with van der Waals surface area (Å²) in [5, 5.41) is 12.5. The zero-order valence-electron chi connectivity index (χ0n) is 11.0. The van der Waals surface area contributed by atoms with Crippen LogP contribution in [0.3, 0.4) is 0 Å². The van der Waals surface area contributed by atoms with Crippen molar-refractivity contribution in [1.29, 1.82) is 0 Å². The Hall–Kier alpha value is -1.11. The van der Waals surface area contributed by atoms with Crippen LogP contribution in [-0.4, -0.2) is 49.9 Å². The van der Waals surface area contributed by atoms with Crippen LogP contribution >= 0.6 is 11.8 Å². The topological polar surface area (TPSA) is 63.9 Å². The molecule has 1 aromatic rings. The highest BCUT2D eigenvalue weighted by atomic mass is 32.2. The molecule has 1 aliphatic heterocycles. The lowest BCUT2D eigenvalue weighted by Crippen LogP contribution is -2.33. The third-order valence-electron chi connectivity index (χ3n) is 3.64. The van der Waals surface area contributed by atoms with Crippen molar-refractivity contribution in [2.24, 2.45) is 0 Å². The fraction of sp³-hybridized carbons (Fsp3) is 0.833. The van der Waals surface area contributed by atoms with E-state index in [0.717, 1.165) is 43.9 Å². The number of likely N-dealkylation sites (tertiary alicyclic amines) is 1. The van der Waals surface area contributed by atoms with Gasteiger partial charge in [0.2, 0.25) is 11.1 Å². The standard InChI is InChI=1S/C12H19N5OS/c18-11(16-7-3-1-2-4-8-16)9-19-12-13-14-15-17(12)10-5-6-10/h10H,1-9H2. The fourth-order valence-corrected chi connectivity index (χ4v) is 3.21. The largest absolute Gasteiger partial charge is 0.342 e. The molecular weight excluding hydrogens is 262 g/mol. The predicted octanol–water partition coefficient (Wildman–Crippen LogP) is 1.50. The molecule has 2 fully saturated rings. The number of rotatable bonds is 4. The van der Waals surface area contributed by atoms with Crippen LogP contribution in [0.4, 0.5) is 0 Å². The number of hydrogen-bond donors (Lipinski definition) is 0. The number of carbonyl (C=O) groups is 1. The first-order valence-corrected chi connectivity index (χ1v) is 8.01. The van der Waals surface area contributed by atoms with Crippen LogP contribution < -0.4 is 0 Å². The minimum Gasteiger partial charge on any atom is -0.342 e. The number of nitrogens with zero attached hydrogens (tertiary/aromatic N) is 5. The molecule has 0 aromatic carbocycles. The van der Waals surface area contributed by atoms with E-state index in [2.05, 4.69) is 15.5 Å². The van der Waals surface area contributed by atoms with Gasteiger partial charge in [-0.25, -0.2) is 4.68 Å². The zero-order chi connectivity index (χ0) is 13.1. The summed E-state index contributed by atoms with van der Waals surface area (Å²) in [6.45, 7) is 1.82. The maximum absolute atomic E-state index is 12.2. The van der Waals surface area contributed by atoms with E-state index in [4.69, 9.17) is 0 Å². The molecule has 1 amide bonds. The van der Waals surface area contributed by atoms with Crippen molar-refractivity contribution in [2.45, 2.75) is 49.7 Å². The van der Waals surface area contributed by atoms with Crippen LogP contribution in [0, 0.1) is 0 Å². The summed E-state index contributed by atoms with van der Waals surface area (Å²) in [7, 11) is 0. The number of amides is 1.